The maximum atomic E-state index is 6.38. The molecule has 0 N–H and O–H groups in total. The highest BCUT2D eigenvalue weighted by molar-refractivity contribution is 6.12. The Labute approximate surface area is 358 Å². The van der Waals surface area contributed by atoms with E-state index in [-0.39, 0.29) is 0 Å². The molecule has 4 nitrogen and oxygen atoms in total. The van der Waals surface area contributed by atoms with Crippen molar-refractivity contribution in [3.05, 3.63) is 235 Å². The van der Waals surface area contributed by atoms with Gasteiger partial charge < -0.3 is 4.42 Å². The lowest BCUT2D eigenvalue weighted by atomic mass is 9.66. The molecule has 9 aromatic carbocycles. The number of hydrogen-bond donors (Lipinski definition) is 0. The molecule has 62 heavy (non-hydrogen) atoms. The minimum Gasteiger partial charge on any atom is -0.456 e. The van der Waals surface area contributed by atoms with Gasteiger partial charge >= 0.3 is 0 Å². The maximum Gasteiger partial charge on any atom is 0.164 e. The van der Waals surface area contributed by atoms with E-state index in [1.165, 1.54) is 50.1 Å². The topological polar surface area (TPSA) is 51.8 Å². The van der Waals surface area contributed by atoms with E-state index in [4.69, 9.17) is 19.4 Å². The normalized spacial score (nSPS) is 13.0. The number of rotatable bonds is 4. The van der Waals surface area contributed by atoms with Gasteiger partial charge in [0.05, 0.1) is 5.41 Å². The van der Waals surface area contributed by atoms with Gasteiger partial charge in [-0.15, -0.1) is 0 Å². The van der Waals surface area contributed by atoms with E-state index in [0.29, 0.717) is 17.5 Å². The highest BCUT2D eigenvalue weighted by atomic mass is 16.3. The standard InChI is InChI=1S/C58H35N3O/c1-2-17-36(18-3-1)38-19-4-7-25-44(38)56-59-55(60-57(61-56)46-27-16-32-53-54(46)45-26-11-15-31-52(45)62-53)37-33-34-51-47(35-37)40-21-6-5-20-39(40)41-22-8-12-28-48(41)58(51)49-29-13-9-23-42(49)43-24-10-14-30-50(43)58/h1-35H. The first-order chi connectivity index (χ1) is 30.8. The van der Waals surface area contributed by atoms with Crippen LogP contribution in [0.3, 0.4) is 0 Å². The molecule has 0 amide bonds. The molecule has 0 bridgehead atoms. The largest absolute Gasteiger partial charge is 0.456 e. The van der Waals surface area contributed by atoms with Crippen molar-refractivity contribution in [3.8, 4) is 78.7 Å². The Bertz CT molecular complexity index is 3560. The predicted molar refractivity (Wildman–Crippen MR) is 251 cm³/mol. The van der Waals surface area contributed by atoms with E-state index < -0.39 is 5.41 Å². The van der Waals surface area contributed by atoms with Crippen LogP contribution >= 0.6 is 0 Å². The molecule has 2 heterocycles. The molecule has 2 aromatic heterocycles. The van der Waals surface area contributed by atoms with Gasteiger partial charge in [-0.3, -0.25) is 0 Å². The van der Waals surface area contributed by atoms with Crippen molar-refractivity contribution in [1.82, 2.24) is 15.0 Å². The second kappa shape index (κ2) is 13.4. The van der Waals surface area contributed by atoms with Crippen molar-refractivity contribution in [2.75, 3.05) is 0 Å². The summed E-state index contributed by atoms with van der Waals surface area (Å²) in [5.41, 5.74) is 18.3. The molecular formula is C58H35N3O. The van der Waals surface area contributed by atoms with E-state index in [9.17, 15) is 0 Å². The number of nitrogens with zero attached hydrogens (tertiary/aromatic N) is 3. The van der Waals surface area contributed by atoms with Crippen molar-refractivity contribution >= 4 is 21.9 Å². The summed E-state index contributed by atoms with van der Waals surface area (Å²) in [4.78, 5) is 16.1. The molecule has 0 saturated heterocycles. The van der Waals surface area contributed by atoms with Crippen LogP contribution in [-0.4, -0.2) is 15.0 Å². The first-order valence-corrected chi connectivity index (χ1v) is 21.1. The maximum absolute atomic E-state index is 6.38. The molecule has 288 valence electrons. The minimum absolute atomic E-state index is 0.571. The second-order valence-corrected chi connectivity index (χ2v) is 16.2. The number of hydrogen-bond acceptors (Lipinski definition) is 4. The molecule has 0 saturated carbocycles. The van der Waals surface area contributed by atoms with Gasteiger partial charge in [0, 0.05) is 27.5 Å². The van der Waals surface area contributed by atoms with Crippen molar-refractivity contribution in [3.63, 3.8) is 0 Å². The van der Waals surface area contributed by atoms with Gasteiger partial charge in [0.15, 0.2) is 17.5 Å². The van der Waals surface area contributed by atoms with E-state index >= 15 is 0 Å². The van der Waals surface area contributed by atoms with Crippen LogP contribution in [0.2, 0.25) is 0 Å². The molecule has 0 fully saturated rings. The molecule has 1 spiro atoms. The zero-order valence-corrected chi connectivity index (χ0v) is 33.5. The Kier molecular flexibility index (Phi) is 7.49. The average molecular weight is 790 g/mol. The number of furan rings is 1. The SMILES string of the molecule is c1ccc(-c2ccccc2-c2nc(-c3ccc4c(c3)-c3ccccc3-c3ccccc3C43c4ccccc4-c4ccccc43)nc(-c3cccc4oc5ccccc5c34)n2)cc1. The van der Waals surface area contributed by atoms with Crippen LogP contribution in [0, 0.1) is 0 Å². The summed E-state index contributed by atoms with van der Waals surface area (Å²) >= 11 is 0. The van der Waals surface area contributed by atoms with Gasteiger partial charge in [0.1, 0.15) is 11.2 Å². The summed E-state index contributed by atoms with van der Waals surface area (Å²) in [6, 6.07) is 75.8. The van der Waals surface area contributed by atoms with Gasteiger partial charge in [-0.25, -0.2) is 15.0 Å². The molecule has 2 aliphatic rings. The van der Waals surface area contributed by atoms with Crippen LogP contribution < -0.4 is 0 Å². The quantitative estimate of drug-likeness (QED) is 0.178. The van der Waals surface area contributed by atoms with Crippen molar-refractivity contribution in [1.29, 1.82) is 0 Å². The third kappa shape index (κ3) is 4.92. The third-order valence-corrected chi connectivity index (χ3v) is 13.0. The Morgan fingerprint density at radius 3 is 1.45 bits per heavy atom. The lowest BCUT2D eigenvalue weighted by molar-refractivity contribution is 0.669. The Morgan fingerprint density at radius 1 is 0.290 bits per heavy atom. The van der Waals surface area contributed by atoms with Crippen molar-refractivity contribution in [2.24, 2.45) is 0 Å². The van der Waals surface area contributed by atoms with E-state index in [1.807, 2.05) is 36.4 Å². The first-order valence-electron chi connectivity index (χ1n) is 21.1. The van der Waals surface area contributed by atoms with Gasteiger partial charge in [0.2, 0.25) is 0 Å². The number of para-hydroxylation sites is 1. The summed E-state index contributed by atoms with van der Waals surface area (Å²) in [6.07, 6.45) is 0. The smallest absolute Gasteiger partial charge is 0.164 e. The first kappa shape index (κ1) is 34.6. The fourth-order valence-corrected chi connectivity index (χ4v) is 10.4. The van der Waals surface area contributed by atoms with Crippen LogP contribution in [0.25, 0.3) is 101 Å². The number of benzene rings is 9. The van der Waals surface area contributed by atoms with E-state index in [0.717, 1.165) is 55.3 Å². The highest BCUT2D eigenvalue weighted by Gasteiger charge is 2.49. The minimum atomic E-state index is -0.571. The highest BCUT2D eigenvalue weighted by Crippen LogP contribution is 2.61. The fourth-order valence-electron chi connectivity index (χ4n) is 10.4. The molecule has 11 aromatic rings. The lowest BCUT2D eigenvalue weighted by Gasteiger charge is -2.35. The zero-order valence-electron chi connectivity index (χ0n) is 33.5. The van der Waals surface area contributed by atoms with Crippen molar-refractivity contribution in [2.45, 2.75) is 5.41 Å². The third-order valence-electron chi connectivity index (χ3n) is 13.0. The summed E-state index contributed by atoms with van der Waals surface area (Å²) < 4.78 is 6.38. The summed E-state index contributed by atoms with van der Waals surface area (Å²) in [5.74, 6) is 1.79. The monoisotopic (exact) mass is 789 g/mol. The van der Waals surface area contributed by atoms with Gasteiger partial charge in [0.25, 0.3) is 0 Å². The Hall–Kier alpha value is -8.21. The Morgan fingerprint density at radius 2 is 0.758 bits per heavy atom. The molecule has 4 heteroatoms. The van der Waals surface area contributed by atoms with Crippen LogP contribution in [-0.2, 0) is 5.41 Å². The molecule has 2 aliphatic carbocycles. The average Bonchev–Trinajstić information content (AvgIpc) is 3.85. The zero-order chi connectivity index (χ0) is 40.8. The lowest BCUT2D eigenvalue weighted by Crippen LogP contribution is -2.29. The molecule has 0 atom stereocenters. The van der Waals surface area contributed by atoms with E-state index in [2.05, 4.69) is 176 Å². The van der Waals surface area contributed by atoms with Gasteiger partial charge in [-0.05, 0) is 85.0 Å². The van der Waals surface area contributed by atoms with E-state index in [1.54, 1.807) is 0 Å². The molecular weight excluding hydrogens is 755 g/mol. The molecule has 13 rings (SSSR count). The van der Waals surface area contributed by atoms with Crippen molar-refractivity contribution < 1.29 is 4.42 Å². The summed E-state index contributed by atoms with van der Waals surface area (Å²) in [6.45, 7) is 0. The Balaban J connectivity index is 1.11. The van der Waals surface area contributed by atoms with Gasteiger partial charge in [-0.2, -0.15) is 0 Å². The molecule has 0 aliphatic heterocycles. The number of fused-ring (bicyclic) bond motifs is 15. The second-order valence-electron chi connectivity index (χ2n) is 16.2. The van der Waals surface area contributed by atoms with Crippen LogP contribution in [0.15, 0.2) is 217 Å². The van der Waals surface area contributed by atoms with Crippen LogP contribution in [0.4, 0.5) is 0 Å². The summed E-state index contributed by atoms with van der Waals surface area (Å²) in [7, 11) is 0. The number of aromatic nitrogens is 3. The molecule has 0 unspecified atom stereocenters. The fraction of sp³-hybridized carbons (Fsp3) is 0.0172. The van der Waals surface area contributed by atoms with Crippen LogP contribution in [0.5, 0.6) is 0 Å². The van der Waals surface area contributed by atoms with Crippen LogP contribution in [0.1, 0.15) is 22.3 Å². The van der Waals surface area contributed by atoms with Gasteiger partial charge in [-0.1, -0.05) is 194 Å². The molecule has 0 radical (unpaired) electrons. The summed E-state index contributed by atoms with van der Waals surface area (Å²) in [5, 5.41) is 2.01. The predicted octanol–water partition coefficient (Wildman–Crippen LogP) is 14.4.